The van der Waals surface area contributed by atoms with Crippen LogP contribution in [0.1, 0.15) is 25.7 Å². The van der Waals surface area contributed by atoms with E-state index in [9.17, 15) is 35.4 Å². The number of nitrogens with one attached hydrogen (secondary N) is 2. The summed E-state index contributed by atoms with van der Waals surface area (Å²) in [5.74, 6) is 4.43. The standard InChI is InChI=1S/C25H48N6O13/c1-30-15-18(36)21-12(6-9(28)23(42-21)41-20-8(27)2-3-11(44-29)16(20)34)39-24(15)43-25-19(37)17(35)14(13(7-32)40-25)31-22(38)10(33)4-5-26/h8-21,23-25,30,32-37H,2-7,26-29H2,1H3,(H,31,38). The van der Waals surface area contributed by atoms with Gasteiger partial charge in [-0.1, -0.05) is 0 Å². The van der Waals surface area contributed by atoms with E-state index in [-0.39, 0.29) is 19.4 Å². The Morgan fingerprint density at radius 1 is 0.932 bits per heavy atom. The zero-order valence-corrected chi connectivity index (χ0v) is 24.4. The van der Waals surface area contributed by atoms with Crippen molar-refractivity contribution in [3.05, 3.63) is 0 Å². The molecule has 0 spiro atoms. The van der Waals surface area contributed by atoms with Gasteiger partial charge in [-0.2, -0.15) is 0 Å². The monoisotopic (exact) mass is 640 g/mol. The molecule has 0 aromatic rings. The maximum Gasteiger partial charge on any atom is 0.249 e. The van der Waals surface area contributed by atoms with Gasteiger partial charge in [0.1, 0.15) is 54.9 Å². The Kier molecular flexibility index (Phi) is 12.6. The van der Waals surface area contributed by atoms with Crippen LogP contribution < -0.4 is 33.7 Å². The van der Waals surface area contributed by atoms with E-state index in [0.29, 0.717) is 12.8 Å². The molecule has 19 heteroatoms. The quantitative estimate of drug-likeness (QED) is 0.0933. The van der Waals surface area contributed by atoms with E-state index in [2.05, 4.69) is 10.6 Å². The first kappa shape index (κ1) is 35.6. The number of nitrogens with two attached hydrogens (primary N) is 4. The summed E-state index contributed by atoms with van der Waals surface area (Å²) in [5, 5.41) is 68.6. The molecule has 1 saturated carbocycles. The molecular formula is C25H48N6O13. The van der Waals surface area contributed by atoms with E-state index < -0.39 is 117 Å². The van der Waals surface area contributed by atoms with Gasteiger partial charge >= 0.3 is 0 Å². The average molecular weight is 641 g/mol. The zero-order chi connectivity index (χ0) is 32.3. The summed E-state index contributed by atoms with van der Waals surface area (Å²) in [5.41, 5.74) is 17.9. The lowest BCUT2D eigenvalue weighted by Gasteiger charge is -2.51. The molecule has 3 aliphatic heterocycles. The number of fused-ring (bicyclic) bond motifs is 1. The summed E-state index contributed by atoms with van der Waals surface area (Å²) in [6, 6.07) is -3.55. The Bertz CT molecular complexity index is 926. The van der Waals surface area contributed by atoms with Crippen LogP contribution >= 0.6 is 0 Å². The third kappa shape index (κ3) is 7.50. The Balaban J connectivity index is 1.41. The van der Waals surface area contributed by atoms with Crippen molar-refractivity contribution >= 4 is 5.91 Å². The molecule has 16 N–H and O–H groups in total. The maximum atomic E-state index is 12.3. The number of aliphatic hydroxyl groups is 6. The summed E-state index contributed by atoms with van der Waals surface area (Å²) in [4.78, 5) is 17.1. The highest BCUT2D eigenvalue weighted by Crippen LogP contribution is 2.35. The number of aliphatic hydroxyl groups excluding tert-OH is 6. The van der Waals surface area contributed by atoms with Gasteiger partial charge in [-0.15, -0.1) is 0 Å². The van der Waals surface area contributed by atoms with Gasteiger partial charge in [0, 0.05) is 6.04 Å². The second-order valence-corrected chi connectivity index (χ2v) is 11.7. The van der Waals surface area contributed by atoms with Gasteiger partial charge in [0.15, 0.2) is 18.9 Å². The highest BCUT2D eigenvalue weighted by atomic mass is 16.8. The molecule has 1 aliphatic carbocycles. The Labute approximate surface area is 253 Å². The molecule has 4 aliphatic rings. The predicted molar refractivity (Wildman–Crippen MR) is 146 cm³/mol. The summed E-state index contributed by atoms with van der Waals surface area (Å²) in [6.45, 7) is -0.647. The van der Waals surface area contributed by atoms with Crippen molar-refractivity contribution in [2.24, 2.45) is 23.1 Å². The highest BCUT2D eigenvalue weighted by Gasteiger charge is 2.54. The van der Waals surface area contributed by atoms with Gasteiger partial charge in [0.05, 0.1) is 30.8 Å². The minimum absolute atomic E-state index is 0.0358. The number of likely N-dealkylation sites (N-methyl/N-ethyl adjacent to an activating group) is 1. The second-order valence-electron chi connectivity index (χ2n) is 11.7. The lowest BCUT2D eigenvalue weighted by atomic mass is 9.87. The topological polar surface area (TPSA) is 322 Å². The lowest BCUT2D eigenvalue weighted by Crippen LogP contribution is -2.70. The molecule has 4 fully saturated rings. The number of hydrogen-bond donors (Lipinski definition) is 12. The molecule has 3 saturated heterocycles. The van der Waals surface area contributed by atoms with Crippen LogP contribution in [0.4, 0.5) is 0 Å². The van der Waals surface area contributed by atoms with Crippen LogP contribution in [0, 0.1) is 0 Å². The average Bonchev–Trinajstić information content (AvgIpc) is 2.99. The van der Waals surface area contributed by atoms with E-state index in [1.807, 2.05) is 0 Å². The molecule has 17 atom stereocenters. The molecule has 0 radical (unpaired) electrons. The first-order valence-electron chi connectivity index (χ1n) is 14.8. The molecule has 44 heavy (non-hydrogen) atoms. The van der Waals surface area contributed by atoms with Crippen LogP contribution in [0.2, 0.25) is 0 Å². The minimum Gasteiger partial charge on any atom is -0.394 e. The first-order chi connectivity index (χ1) is 20.9. The van der Waals surface area contributed by atoms with Gasteiger partial charge in [0.2, 0.25) is 5.91 Å². The van der Waals surface area contributed by atoms with Gasteiger partial charge in [-0.25, -0.2) is 5.90 Å². The number of ether oxygens (including phenoxy) is 5. The summed E-state index contributed by atoms with van der Waals surface area (Å²) in [6.07, 6.45) is -14.7. The van der Waals surface area contributed by atoms with Crippen molar-refractivity contribution in [1.82, 2.24) is 10.6 Å². The van der Waals surface area contributed by atoms with E-state index in [1.54, 1.807) is 0 Å². The molecule has 0 aromatic carbocycles. The molecule has 4 rings (SSSR count). The van der Waals surface area contributed by atoms with E-state index in [0.717, 1.165) is 0 Å². The summed E-state index contributed by atoms with van der Waals surface area (Å²) >= 11 is 0. The molecule has 256 valence electrons. The SMILES string of the molecule is CNC1C(OC2OC(CO)C(NC(=O)C(O)CCN)C(O)C2O)OC2CC(N)C(OC3C(N)CCC(ON)C3O)OC2C1O. The van der Waals surface area contributed by atoms with Crippen LogP contribution in [0.5, 0.6) is 0 Å². The molecule has 0 aromatic heterocycles. The Morgan fingerprint density at radius 3 is 2.30 bits per heavy atom. The summed E-state index contributed by atoms with van der Waals surface area (Å²) < 4.78 is 29.7. The number of carbonyl (C=O) groups excluding carboxylic acids is 1. The zero-order valence-electron chi connectivity index (χ0n) is 24.4. The summed E-state index contributed by atoms with van der Waals surface area (Å²) in [7, 11) is 1.53. The maximum absolute atomic E-state index is 12.3. The van der Waals surface area contributed by atoms with Gasteiger partial charge < -0.3 is 82.2 Å². The van der Waals surface area contributed by atoms with Crippen molar-refractivity contribution < 1.29 is 64.0 Å². The lowest BCUT2D eigenvalue weighted by molar-refractivity contribution is -0.373. The largest absolute Gasteiger partial charge is 0.394 e. The van der Waals surface area contributed by atoms with Crippen molar-refractivity contribution in [3.8, 4) is 0 Å². The van der Waals surface area contributed by atoms with Crippen molar-refractivity contribution in [2.45, 2.75) is 130 Å². The second kappa shape index (κ2) is 15.6. The van der Waals surface area contributed by atoms with E-state index >= 15 is 0 Å². The van der Waals surface area contributed by atoms with Crippen LogP contribution in [-0.2, 0) is 33.3 Å². The van der Waals surface area contributed by atoms with E-state index in [1.165, 1.54) is 7.05 Å². The molecule has 19 nitrogen and oxygen atoms in total. The third-order valence-corrected chi connectivity index (χ3v) is 8.75. The van der Waals surface area contributed by atoms with Gasteiger partial charge in [0.25, 0.3) is 0 Å². The van der Waals surface area contributed by atoms with Crippen molar-refractivity contribution in [3.63, 3.8) is 0 Å². The molecule has 3 heterocycles. The molecular weight excluding hydrogens is 592 g/mol. The normalized spacial score (nSPS) is 47.1. The smallest absolute Gasteiger partial charge is 0.249 e. The van der Waals surface area contributed by atoms with Crippen LogP contribution in [0.3, 0.4) is 0 Å². The number of rotatable bonds is 11. The van der Waals surface area contributed by atoms with Crippen molar-refractivity contribution in [2.75, 3.05) is 20.2 Å². The van der Waals surface area contributed by atoms with E-state index in [4.69, 9.17) is 51.6 Å². The predicted octanol–water partition coefficient (Wildman–Crippen LogP) is -7.12. The fourth-order valence-electron chi connectivity index (χ4n) is 6.17. The fraction of sp³-hybridized carbons (Fsp3) is 0.960. The number of hydrogen-bond acceptors (Lipinski definition) is 18. The number of carbonyl (C=O) groups is 1. The van der Waals surface area contributed by atoms with Crippen LogP contribution in [-0.4, -0.2) is 161 Å². The van der Waals surface area contributed by atoms with Gasteiger partial charge in [-0.3, -0.25) is 9.63 Å². The molecule has 1 amide bonds. The third-order valence-electron chi connectivity index (χ3n) is 8.75. The molecule has 0 bridgehead atoms. The highest BCUT2D eigenvalue weighted by molar-refractivity contribution is 5.80. The fourth-order valence-corrected chi connectivity index (χ4v) is 6.17. The van der Waals surface area contributed by atoms with Crippen LogP contribution in [0.25, 0.3) is 0 Å². The van der Waals surface area contributed by atoms with Gasteiger partial charge in [-0.05, 0) is 39.3 Å². The Morgan fingerprint density at radius 2 is 1.66 bits per heavy atom. The molecule has 17 unspecified atom stereocenters. The minimum atomic E-state index is -1.74. The number of amides is 1. The van der Waals surface area contributed by atoms with Crippen LogP contribution in [0.15, 0.2) is 0 Å². The first-order valence-corrected chi connectivity index (χ1v) is 14.8. The van der Waals surface area contributed by atoms with Crippen molar-refractivity contribution in [1.29, 1.82) is 0 Å². The Hall–Kier alpha value is -1.21.